The van der Waals surface area contributed by atoms with Crippen molar-refractivity contribution in [3.63, 3.8) is 0 Å². The summed E-state index contributed by atoms with van der Waals surface area (Å²) in [5, 5.41) is 0. The number of methoxy groups -OCH3 is 2. The highest BCUT2D eigenvalue weighted by molar-refractivity contribution is 5.83. The van der Waals surface area contributed by atoms with Crippen molar-refractivity contribution in [3.05, 3.63) is 12.2 Å². The number of carbonyl (C=O) groups excluding carboxylic acids is 1. The molecule has 3 nitrogen and oxygen atoms in total. The van der Waals surface area contributed by atoms with Crippen LogP contribution in [0.4, 0.5) is 0 Å². The number of carbonyl (C=O) groups is 1. The van der Waals surface area contributed by atoms with Crippen LogP contribution in [0.5, 0.6) is 0 Å². The van der Waals surface area contributed by atoms with Crippen LogP contribution in [0.1, 0.15) is 13.3 Å². The third-order valence-corrected chi connectivity index (χ3v) is 2.41. The van der Waals surface area contributed by atoms with Crippen LogP contribution >= 0.6 is 0 Å². The Morgan fingerprint density at radius 3 is 2.46 bits per heavy atom. The number of allylic oxidation sites excluding steroid dienone is 1. The molecule has 2 atom stereocenters. The minimum atomic E-state index is -0.298. The van der Waals surface area contributed by atoms with Crippen molar-refractivity contribution in [1.29, 1.82) is 0 Å². The Morgan fingerprint density at radius 2 is 2.00 bits per heavy atom. The summed E-state index contributed by atoms with van der Waals surface area (Å²) >= 11 is 0. The summed E-state index contributed by atoms with van der Waals surface area (Å²) in [6.45, 7) is 1.91. The van der Waals surface area contributed by atoms with E-state index in [2.05, 4.69) is 0 Å². The normalized spacial score (nSPS) is 28.5. The molecule has 0 aromatic rings. The van der Waals surface area contributed by atoms with E-state index in [1.165, 1.54) is 0 Å². The SMILES string of the molecule is COC(OC)C1C=CC(C)C(=O)C1. The number of Topliss-reactive ketones (excluding diaryl/α,β-unsaturated/α-hetero) is 1. The molecule has 0 radical (unpaired) electrons. The number of hydrogen-bond donors (Lipinski definition) is 0. The molecule has 3 heteroatoms. The van der Waals surface area contributed by atoms with Crippen LogP contribution in [-0.4, -0.2) is 26.3 Å². The molecule has 0 bridgehead atoms. The van der Waals surface area contributed by atoms with Crippen LogP contribution in [0, 0.1) is 11.8 Å². The summed E-state index contributed by atoms with van der Waals surface area (Å²) < 4.78 is 10.2. The zero-order chi connectivity index (χ0) is 9.84. The van der Waals surface area contributed by atoms with E-state index in [-0.39, 0.29) is 23.9 Å². The molecule has 74 valence electrons. The molecule has 0 fully saturated rings. The fraction of sp³-hybridized carbons (Fsp3) is 0.700. The molecule has 0 spiro atoms. The summed E-state index contributed by atoms with van der Waals surface area (Å²) in [5.74, 6) is 0.371. The first kappa shape index (κ1) is 10.4. The molecule has 0 aromatic heterocycles. The van der Waals surface area contributed by atoms with Gasteiger partial charge in [0, 0.05) is 32.5 Å². The van der Waals surface area contributed by atoms with E-state index in [9.17, 15) is 4.79 Å². The number of hydrogen-bond acceptors (Lipinski definition) is 3. The molecule has 0 saturated heterocycles. The van der Waals surface area contributed by atoms with E-state index in [0.717, 1.165) is 0 Å². The van der Waals surface area contributed by atoms with Gasteiger partial charge in [0.15, 0.2) is 6.29 Å². The van der Waals surface area contributed by atoms with Gasteiger partial charge in [-0.05, 0) is 0 Å². The van der Waals surface area contributed by atoms with Crippen molar-refractivity contribution in [2.45, 2.75) is 19.6 Å². The molecule has 0 aliphatic heterocycles. The van der Waals surface area contributed by atoms with Crippen molar-refractivity contribution >= 4 is 5.78 Å². The molecule has 2 unspecified atom stereocenters. The Kier molecular flexibility index (Phi) is 3.63. The smallest absolute Gasteiger partial charge is 0.163 e. The summed E-state index contributed by atoms with van der Waals surface area (Å²) in [7, 11) is 3.18. The fourth-order valence-electron chi connectivity index (χ4n) is 1.54. The number of ketones is 1. The van der Waals surface area contributed by atoms with Gasteiger partial charge >= 0.3 is 0 Å². The number of rotatable bonds is 3. The van der Waals surface area contributed by atoms with Gasteiger partial charge in [-0.2, -0.15) is 0 Å². The van der Waals surface area contributed by atoms with E-state index >= 15 is 0 Å². The monoisotopic (exact) mass is 184 g/mol. The predicted molar refractivity (Wildman–Crippen MR) is 49.2 cm³/mol. The van der Waals surface area contributed by atoms with Gasteiger partial charge < -0.3 is 9.47 Å². The maximum Gasteiger partial charge on any atom is 0.163 e. The zero-order valence-corrected chi connectivity index (χ0v) is 8.32. The van der Waals surface area contributed by atoms with Gasteiger partial charge in [-0.15, -0.1) is 0 Å². The second kappa shape index (κ2) is 4.53. The average molecular weight is 184 g/mol. The molecular weight excluding hydrogens is 168 g/mol. The van der Waals surface area contributed by atoms with Crippen LogP contribution in [0.3, 0.4) is 0 Å². The van der Waals surface area contributed by atoms with Gasteiger partial charge in [0.2, 0.25) is 0 Å². The maximum absolute atomic E-state index is 11.4. The van der Waals surface area contributed by atoms with Crippen molar-refractivity contribution in [2.24, 2.45) is 11.8 Å². The van der Waals surface area contributed by atoms with Crippen LogP contribution < -0.4 is 0 Å². The summed E-state index contributed by atoms with van der Waals surface area (Å²) in [6.07, 6.45) is 4.14. The molecule has 1 rings (SSSR count). The van der Waals surface area contributed by atoms with Gasteiger partial charge in [-0.3, -0.25) is 4.79 Å². The number of ether oxygens (including phenoxy) is 2. The lowest BCUT2D eigenvalue weighted by Crippen LogP contribution is -2.29. The van der Waals surface area contributed by atoms with Crippen molar-refractivity contribution < 1.29 is 14.3 Å². The minimum absolute atomic E-state index is 0.0469. The second-order valence-electron chi connectivity index (χ2n) is 3.35. The highest BCUT2D eigenvalue weighted by atomic mass is 16.7. The lowest BCUT2D eigenvalue weighted by molar-refractivity contribution is -0.140. The molecule has 0 heterocycles. The molecule has 0 saturated carbocycles. The lowest BCUT2D eigenvalue weighted by Gasteiger charge is -2.25. The first-order valence-electron chi connectivity index (χ1n) is 4.45. The Balaban J connectivity index is 2.63. The molecule has 13 heavy (non-hydrogen) atoms. The largest absolute Gasteiger partial charge is 0.355 e. The van der Waals surface area contributed by atoms with Gasteiger partial charge in [0.25, 0.3) is 0 Å². The molecule has 0 N–H and O–H groups in total. The average Bonchev–Trinajstić information content (AvgIpc) is 2.13. The van der Waals surface area contributed by atoms with E-state index in [0.29, 0.717) is 6.42 Å². The summed E-state index contributed by atoms with van der Waals surface area (Å²) in [4.78, 5) is 11.4. The molecule has 1 aliphatic rings. The quantitative estimate of drug-likeness (QED) is 0.491. The van der Waals surface area contributed by atoms with E-state index in [1.54, 1.807) is 14.2 Å². The zero-order valence-electron chi connectivity index (χ0n) is 8.32. The van der Waals surface area contributed by atoms with Crippen molar-refractivity contribution in [2.75, 3.05) is 14.2 Å². The van der Waals surface area contributed by atoms with E-state index in [1.807, 2.05) is 19.1 Å². The standard InChI is InChI=1S/C10H16O3/c1-7-4-5-8(6-9(7)11)10(12-2)13-3/h4-5,7-8,10H,6H2,1-3H3. The first-order valence-corrected chi connectivity index (χ1v) is 4.45. The van der Waals surface area contributed by atoms with E-state index < -0.39 is 0 Å². The lowest BCUT2D eigenvalue weighted by atomic mass is 9.88. The summed E-state index contributed by atoms with van der Waals surface area (Å²) in [5.41, 5.74) is 0. The highest BCUT2D eigenvalue weighted by Crippen LogP contribution is 2.23. The fourth-order valence-corrected chi connectivity index (χ4v) is 1.54. The Bertz CT molecular complexity index is 206. The molecule has 1 aliphatic carbocycles. The van der Waals surface area contributed by atoms with Crippen molar-refractivity contribution in [3.8, 4) is 0 Å². The van der Waals surface area contributed by atoms with Gasteiger partial charge in [0.05, 0.1) is 0 Å². The third-order valence-electron chi connectivity index (χ3n) is 2.41. The predicted octanol–water partition coefficient (Wildman–Crippen LogP) is 1.39. The first-order chi connectivity index (χ1) is 6.19. The highest BCUT2D eigenvalue weighted by Gasteiger charge is 2.26. The van der Waals surface area contributed by atoms with Crippen LogP contribution in [0.25, 0.3) is 0 Å². The minimum Gasteiger partial charge on any atom is -0.355 e. The van der Waals surface area contributed by atoms with Gasteiger partial charge in [-0.25, -0.2) is 0 Å². The van der Waals surface area contributed by atoms with Gasteiger partial charge in [0.1, 0.15) is 5.78 Å². The maximum atomic E-state index is 11.4. The molecular formula is C10H16O3. The van der Waals surface area contributed by atoms with Gasteiger partial charge in [-0.1, -0.05) is 19.1 Å². The Labute approximate surface area is 78.7 Å². The van der Waals surface area contributed by atoms with Crippen molar-refractivity contribution in [1.82, 2.24) is 0 Å². The third kappa shape index (κ3) is 2.39. The van der Waals surface area contributed by atoms with Crippen LogP contribution in [-0.2, 0) is 14.3 Å². The Morgan fingerprint density at radius 1 is 1.38 bits per heavy atom. The molecule has 0 aromatic carbocycles. The van der Waals surface area contributed by atoms with Crippen LogP contribution in [0.15, 0.2) is 12.2 Å². The Hall–Kier alpha value is -0.670. The summed E-state index contributed by atoms with van der Waals surface area (Å²) in [6, 6.07) is 0. The second-order valence-corrected chi connectivity index (χ2v) is 3.35. The molecule has 0 amide bonds. The van der Waals surface area contributed by atoms with Crippen LogP contribution in [0.2, 0.25) is 0 Å². The topological polar surface area (TPSA) is 35.5 Å². The van der Waals surface area contributed by atoms with E-state index in [4.69, 9.17) is 9.47 Å².